The third-order valence-corrected chi connectivity index (χ3v) is 8.20. The average Bonchev–Trinajstić information content (AvgIpc) is 3.15. The third kappa shape index (κ3) is 5.60. The second kappa shape index (κ2) is 11.5. The summed E-state index contributed by atoms with van der Waals surface area (Å²) < 4.78 is 10.3. The molecular formula is C29H40N4O4. The molecule has 1 aliphatic heterocycles. The Labute approximate surface area is 220 Å². The Balaban J connectivity index is 1.57. The van der Waals surface area contributed by atoms with Gasteiger partial charge in [-0.3, -0.25) is 9.69 Å². The van der Waals surface area contributed by atoms with Crippen LogP contribution in [0.2, 0.25) is 0 Å². The van der Waals surface area contributed by atoms with Crippen molar-refractivity contribution in [3.8, 4) is 5.75 Å². The van der Waals surface area contributed by atoms with Gasteiger partial charge in [-0.05, 0) is 63.0 Å². The molecule has 4 rings (SSSR count). The fraction of sp³-hybridized carbons (Fsp3) is 0.517. The largest absolute Gasteiger partial charge is 0.497 e. The zero-order valence-electron chi connectivity index (χ0n) is 22.5. The van der Waals surface area contributed by atoms with Crippen molar-refractivity contribution in [2.75, 3.05) is 54.6 Å². The van der Waals surface area contributed by atoms with Crippen molar-refractivity contribution in [3.63, 3.8) is 0 Å². The number of nitrogens with one attached hydrogen (secondary N) is 1. The molecule has 1 heterocycles. The molecular weight excluding hydrogens is 468 g/mol. The fourth-order valence-corrected chi connectivity index (χ4v) is 5.98. The van der Waals surface area contributed by atoms with E-state index in [0.29, 0.717) is 26.2 Å². The Morgan fingerprint density at radius 3 is 2.27 bits per heavy atom. The number of benzene rings is 2. The van der Waals surface area contributed by atoms with E-state index in [2.05, 4.69) is 48.6 Å². The number of amides is 3. The summed E-state index contributed by atoms with van der Waals surface area (Å²) in [5.74, 6) is 0.638. The third-order valence-electron chi connectivity index (χ3n) is 8.20. The maximum Gasteiger partial charge on any atom is 0.321 e. The molecule has 8 heteroatoms. The Morgan fingerprint density at radius 2 is 1.68 bits per heavy atom. The fourth-order valence-electron chi connectivity index (χ4n) is 5.98. The van der Waals surface area contributed by atoms with Crippen molar-refractivity contribution in [1.29, 1.82) is 0 Å². The number of urea groups is 1. The van der Waals surface area contributed by atoms with E-state index in [4.69, 9.17) is 9.47 Å². The molecule has 0 atom stereocenters. The zero-order chi connectivity index (χ0) is 26.5. The van der Waals surface area contributed by atoms with Gasteiger partial charge < -0.3 is 24.6 Å². The van der Waals surface area contributed by atoms with Gasteiger partial charge >= 0.3 is 6.03 Å². The molecule has 1 saturated heterocycles. The van der Waals surface area contributed by atoms with Gasteiger partial charge in [-0.2, -0.15) is 0 Å². The van der Waals surface area contributed by atoms with Crippen LogP contribution in [0.15, 0.2) is 54.6 Å². The summed E-state index contributed by atoms with van der Waals surface area (Å²) in [5, 5.41) is 2.89. The normalized spacial score (nSPS) is 23.6. The van der Waals surface area contributed by atoms with Gasteiger partial charge in [-0.15, -0.1) is 0 Å². The summed E-state index contributed by atoms with van der Waals surface area (Å²) in [6, 6.07) is 18.4. The summed E-state index contributed by atoms with van der Waals surface area (Å²) in [7, 11) is 7.53. The Morgan fingerprint density at radius 1 is 1.00 bits per heavy atom. The number of carbonyl (C=O) groups is 2. The van der Waals surface area contributed by atoms with Crippen LogP contribution >= 0.6 is 0 Å². The van der Waals surface area contributed by atoms with Crippen molar-refractivity contribution in [2.24, 2.45) is 0 Å². The summed E-state index contributed by atoms with van der Waals surface area (Å²) in [6.45, 7) is 2.04. The molecule has 1 spiro atoms. The van der Waals surface area contributed by atoms with E-state index in [1.54, 1.807) is 14.2 Å². The van der Waals surface area contributed by atoms with E-state index >= 15 is 0 Å². The van der Waals surface area contributed by atoms with Crippen molar-refractivity contribution in [2.45, 2.75) is 43.3 Å². The van der Waals surface area contributed by atoms with Crippen molar-refractivity contribution in [3.05, 3.63) is 65.7 Å². The van der Waals surface area contributed by atoms with Crippen LogP contribution in [0.25, 0.3) is 0 Å². The lowest BCUT2D eigenvalue weighted by molar-refractivity contribution is -0.123. The van der Waals surface area contributed by atoms with Crippen LogP contribution in [-0.2, 0) is 21.6 Å². The number of rotatable bonds is 10. The number of hydrogen-bond donors (Lipinski definition) is 1. The van der Waals surface area contributed by atoms with Crippen LogP contribution in [0.4, 0.5) is 4.79 Å². The van der Waals surface area contributed by atoms with Gasteiger partial charge in [0.25, 0.3) is 0 Å². The Kier molecular flexibility index (Phi) is 8.39. The second-order valence-electron chi connectivity index (χ2n) is 10.4. The Bertz CT molecular complexity index is 1050. The first-order chi connectivity index (χ1) is 17.8. The highest BCUT2D eigenvalue weighted by Crippen LogP contribution is 2.49. The first-order valence-corrected chi connectivity index (χ1v) is 13.0. The molecule has 2 aliphatic rings. The minimum Gasteiger partial charge on any atom is -0.497 e. The highest BCUT2D eigenvalue weighted by molar-refractivity contribution is 5.86. The molecule has 1 aliphatic carbocycles. The molecule has 3 amide bonds. The van der Waals surface area contributed by atoms with E-state index < -0.39 is 0 Å². The van der Waals surface area contributed by atoms with Crippen LogP contribution in [0.1, 0.15) is 36.8 Å². The van der Waals surface area contributed by atoms with E-state index in [1.165, 1.54) is 5.56 Å². The molecule has 0 bridgehead atoms. The van der Waals surface area contributed by atoms with Gasteiger partial charge in [-0.25, -0.2) is 4.79 Å². The molecule has 0 aromatic heterocycles. The van der Waals surface area contributed by atoms with Crippen LogP contribution in [0.3, 0.4) is 0 Å². The SMILES string of the molecule is COCCNC(=O)CN1C(=O)N(Cc2ccc(OC)cc2)C[C@]12CC[C@@](c1ccccc1)(N(C)C)CC2. The van der Waals surface area contributed by atoms with Gasteiger partial charge in [0.15, 0.2) is 0 Å². The summed E-state index contributed by atoms with van der Waals surface area (Å²) >= 11 is 0. The monoisotopic (exact) mass is 508 g/mol. The maximum atomic E-state index is 13.7. The topological polar surface area (TPSA) is 74.3 Å². The first kappa shape index (κ1) is 26.9. The van der Waals surface area contributed by atoms with E-state index in [-0.39, 0.29) is 29.6 Å². The number of nitrogens with zero attached hydrogens (tertiary/aromatic N) is 3. The molecule has 2 aromatic rings. The van der Waals surface area contributed by atoms with E-state index in [9.17, 15) is 9.59 Å². The van der Waals surface area contributed by atoms with Crippen LogP contribution in [0.5, 0.6) is 5.75 Å². The quantitative estimate of drug-likeness (QED) is 0.498. The molecule has 8 nitrogen and oxygen atoms in total. The predicted octanol–water partition coefficient (Wildman–Crippen LogP) is 3.47. The molecule has 2 aromatic carbocycles. The number of ether oxygens (including phenoxy) is 2. The lowest BCUT2D eigenvalue weighted by atomic mass is 9.68. The number of carbonyl (C=O) groups excluding carboxylic acids is 2. The lowest BCUT2D eigenvalue weighted by Crippen LogP contribution is -2.57. The molecule has 0 radical (unpaired) electrons. The average molecular weight is 509 g/mol. The summed E-state index contributed by atoms with van der Waals surface area (Å²) in [4.78, 5) is 32.6. The first-order valence-electron chi connectivity index (χ1n) is 13.0. The van der Waals surface area contributed by atoms with Crippen LogP contribution < -0.4 is 10.1 Å². The van der Waals surface area contributed by atoms with E-state index in [1.807, 2.05) is 40.1 Å². The predicted molar refractivity (Wildman–Crippen MR) is 143 cm³/mol. The van der Waals surface area contributed by atoms with Gasteiger partial charge in [0, 0.05) is 32.3 Å². The molecule has 37 heavy (non-hydrogen) atoms. The highest BCUT2D eigenvalue weighted by Gasteiger charge is 2.54. The molecule has 0 unspecified atom stereocenters. The standard InChI is InChI=1S/C29H40N4O4/c1-31(2)29(24-8-6-5-7-9-24)16-14-28(15-17-29)22-32(20-23-10-12-25(37-4)13-11-23)27(35)33(28)21-26(34)30-18-19-36-3/h5-13H,14-22H2,1-4H3,(H,30,34)/t28-,29-. The van der Waals surface area contributed by atoms with Gasteiger partial charge in [0.05, 0.1) is 19.3 Å². The van der Waals surface area contributed by atoms with Crippen molar-refractivity contribution >= 4 is 11.9 Å². The second-order valence-corrected chi connectivity index (χ2v) is 10.4. The minimum atomic E-state index is -0.379. The van der Waals surface area contributed by atoms with Gasteiger partial charge in [0.2, 0.25) is 5.91 Å². The number of hydrogen-bond acceptors (Lipinski definition) is 5. The number of methoxy groups -OCH3 is 2. The molecule has 1 saturated carbocycles. The smallest absolute Gasteiger partial charge is 0.321 e. The van der Waals surface area contributed by atoms with Crippen molar-refractivity contribution in [1.82, 2.24) is 20.0 Å². The van der Waals surface area contributed by atoms with Gasteiger partial charge in [-0.1, -0.05) is 42.5 Å². The molecule has 2 fully saturated rings. The minimum absolute atomic E-state index is 0.0575. The maximum absolute atomic E-state index is 13.7. The molecule has 1 N–H and O–H groups in total. The van der Waals surface area contributed by atoms with E-state index in [0.717, 1.165) is 37.0 Å². The van der Waals surface area contributed by atoms with Crippen LogP contribution in [0, 0.1) is 0 Å². The molecule has 200 valence electrons. The highest BCUT2D eigenvalue weighted by atomic mass is 16.5. The summed E-state index contributed by atoms with van der Waals surface area (Å²) in [5.41, 5.74) is 1.87. The zero-order valence-corrected chi connectivity index (χ0v) is 22.5. The lowest BCUT2D eigenvalue weighted by Gasteiger charge is -2.50. The summed E-state index contributed by atoms with van der Waals surface area (Å²) in [6.07, 6.45) is 3.48. The Hall–Kier alpha value is -3.10. The van der Waals surface area contributed by atoms with Crippen molar-refractivity contribution < 1.29 is 19.1 Å². The van der Waals surface area contributed by atoms with Gasteiger partial charge in [0.1, 0.15) is 12.3 Å². The van der Waals surface area contributed by atoms with Crippen LogP contribution in [-0.4, -0.2) is 86.7 Å².